The minimum atomic E-state index is 0.0629. The fourth-order valence-electron chi connectivity index (χ4n) is 1.57. The molecule has 4 heteroatoms. The molecule has 1 aromatic rings. The van der Waals surface area contributed by atoms with E-state index in [4.69, 9.17) is 0 Å². The first-order valence-corrected chi connectivity index (χ1v) is 6.73. The number of rotatable bonds is 3. The minimum Gasteiger partial charge on any atom is -0.351 e. The number of nitrogens with one attached hydrogen (secondary N) is 1. The van der Waals surface area contributed by atoms with Crippen molar-refractivity contribution in [2.24, 2.45) is 11.8 Å². The lowest BCUT2D eigenvalue weighted by Gasteiger charge is -2.01. The van der Waals surface area contributed by atoms with Crippen LogP contribution in [-0.4, -0.2) is 12.5 Å². The van der Waals surface area contributed by atoms with Gasteiger partial charge in [-0.2, -0.15) is 0 Å². The van der Waals surface area contributed by atoms with Gasteiger partial charge in [-0.15, -0.1) is 11.3 Å². The van der Waals surface area contributed by atoms with Crippen molar-refractivity contribution in [3.63, 3.8) is 0 Å². The molecule has 2 unspecified atom stereocenters. The van der Waals surface area contributed by atoms with Crippen LogP contribution < -0.4 is 5.32 Å². The largest absolute Gasteiger partial charge is 0.351 e. The third-order valence-electron chi connectivity index (χ3n) is 2.88. The highest BCUT2D eigenvalue weighted by atomic mass is 79.9. The number of carbonyl (C=O) groups is 1. The Morgan fingerprint density at radius 2 is 2.40 bits per heavy atom. The number of amides is 1. The molecule has 2 nitrogen and oxygen atoms in total. The monoisotopic (exact) mass is 287 g/mol. The SMILES string of the molecule is Cc1cc(C(=O)NCC2CC2C)sc1Br. The summed E-state index contributed by atoms with van der Waals surface area (Å²) < 4.78 is 1.05. The van der Waals surface area contributed by atoms with Crippen molar-refractivity contribution in [2.45, 2.75) is 20.3 Å². The van der Waals surface area contributed by atoms with Gasteiger partial charge in [-0.1, -0.05) is 6.92 Å². The van der Waals surface area contributed by atoms with Gasteiger partial charge in [0, 0.05) is 6.54 Å². The summed E-state index contributed by atoms with van der Waals surface area (Å²) in [5, 5.41) is 2.98. The van der Waals surface area contributed by atoms with E-state index in [1.165, 1.54) is 17.8 Å². The van der Waals surface area contributed by atoms with Crippen molar-refractivity contribution in [3.8, 4) is 0 Å². The maximum Gasteiger partial charge on any atom is 0.261 e. The lowest BCUT2D eigenvalue weighted by Crippen LogP contribution is -2.25. The van der Waals surface area contributed by atoms with Crippen molar-refractivity contribution in [3.05, 3.63) is 20.3 Å². The highest BCUT2D eigenvalue weighted by Crippen LogP contribution is 2.36. The molecule has 82 valence electrons. The van der Waals surface area contributed by atoms with Crippen LogP contribution in [0.5, 0.6) is 0 Å². The van der Waals surface area contributed by atoms with E-state index in [0.29, 0.717) is 5.92 Å². The van der Waals surface area contributed by atoms with Crippen LogP contribution in [0.25, 0.3) is 0 Å². The molecule has 1 heterocycles. The van der Waals surface area contributed by atoms with Crippen LogP contribution in [0.1, 0.15) is 28.6 Å². The standard InChI is InChI=1S/C11H14BrNOS/c1-6-3-8(6)5-13-11(14)9-4-7(2)10(12)15-9/h4,6,8H,3,5H2,1-2H3,(H,13,14). The lowest BCUT2D eigenvalue weighted by molar-refractivity contribution is 0.0955. The van der Waals surface area contributed by atoms with Gasteiger partial charge in [-0.05, 0) is 52.7 Å². The van der Waals surface area contributed by atoms with Gasteiger partial charge in [0.1, 0.15) is 0 Å². The van der Waals surface area contributed by atoms with Crippen LogP contribution in [-0.2, 0) is 0 Å². The first kappa shape index (κ1) is 11.1. The zero-order chi connectivity index (χ0) is 11.0. The molecule has 2 atom stereocenters. The Hall–Kier alpha value is -0.350. The summed E-state index contributed by atoms with van der Waals surface area (Å²) in [5.74, 6) is 1.56. The fourth-order valence-corrected chi connectivity index (χ4v) is 3.02. The van der Waals surface area contributed by atoms with E-state index in [2.05, 4.69) is 28.2 Å². The van der Waals surface area contributed by atoms with E-state index < -0.39 is 0 Å². The van der Waals surface area contributed by atoms with E-state index in [9.17, 15) is 4.79 Å². The summed E-state index contributed by atoms with van der Waals surface area (Å²) >= 11 is 4.92. The molecule has 2 rings (SSSR count). The van der Waals surface area contributed by atoms with Crippen molar-refractivity contribution >= 4 is 33.2 Å². The average molecular weight is 288 g/mol. The Kier molecular flexibility index (Phi) is 3.16. The topological polar surface area (TPSA) is 29.1 Å². The summed E-state index contributed by atoms with van der Waals surface area (Å²) in [6.45, 7) is 5.05. The molecule has 1 fully saturated rings. The van der Waals surface area contributed by atoms with Crippen LogP contribution in [0, 0.1) is 18.8 Å². The van der Waals surface area contributed by atoms with Gasteiger partial charge in [0.2, 0.25) is 0 Å². The second kappa shape index (κ2) is 4.26. The number of carbonyl (C=O) groups excluding carboxylic acids is 1. The zero-order valence-electron chi connectivity index (χ0n) is 8.84. The normalized spacial score (nSPS) is 23.9. The molecule has 1 aliphatic carbocycles. The molecule has 0 bridgehead atoms. The molecule has 0 radical (unpaired) electrons. The molecule has 0 aliphatic heterocycles. The van der Waals surface area contributed by atoms with Gasteiger partial charge in [-0.25, -0.2) is 0 Å². The maximum atomic E-state index is 11.7. The molecule has 1 N–H and O–H groups in total. The highest BCUT2D eigenvalue weighted by Gasteiger charge is 2.32. The zero-order valence-corrected chi connectivity index (χ0v) is 11.2. The van der Waals surface area contributed by atoms with Crippen LogP contribution in [0.15, 0.2) is 9.85 Å². The Morgan fingerprint density at radius 3 is 2.87 bits per heavy atom. The van der Waals surface area contributed by atoms with Crippen LogP contribution in [0.4, 0.5) is 0 Å². The molecule has 1 aromatic heterocycles. The molecule has 0 spiro atoms. The number of aryl methyl sites for hydroxylation is 1. The molecule has 15 heavy (non-hydrogen) atoms. The van der Waals surface area contributed by atoms with Gasteiger partial charge >= 0.3 is 0 Å². The number of hydrogen-bond acceptors (Lipinski definition) is 2. The molecular formula is C11H14BrNOS. The predicted molar refractivity (Wildman–Crippen MR) is 66.4 cm³/mol. The van der Waals surface area contributed by atoms with Crippen molar-refractivity contribution in [2.75, 3.05) is 6.54 Å². The van der Waals surface area contributed by atoms with Gasteiger partial charge in [0.25, 0.3) is 5.91 Å². The predicted octanol–water partition coefficient (Wildman–Crippen LogP) is 3.20. The third-order valence-corrected chi connectivity index (χ3v) is 5.02. The van der Waals surface area contributed by atoms with Gasteiger partial charge < -0.3 is 5.32 Å². The van der Waals surface area contributed by atoms with Gasteiger partial charge in [-0.3, -0.25) is 4.79 Å². The van der Waals surface area contributed by atoms with Crippen molar-refractivity contribution in [1.29, 1.82) is 0 Å². The molecule has 1 amide bonds. The number of halogens is 1. The average Bonchev–Trinajstić information content (AvgIpc) is 2.79. The summed E-state index contributed by atoms with van der Waals surface area (Å²) in [7, 11) is 0. The van der Waals surface area contributed by atoms with Crippen LogP contribution >= 0.6 is 27.3 Å². The fraction of sp³-hybridized carbons (Fsp3) is 0.545. The first-order chi connectivity index (χ1) is 7.08. The smallest absolute Gasteiger partial charge is 0.261 e. The summed E-state index contributed by atoms with van der Waals surface area (Å²) in [4.78, 5) is 12.5. The lowest BCUT2D eigenvalue weighted by atomic mass is 10.3. The molecule has 0 aromatic carbocycles. The Morgan fingerprint density at radius 1 is 1.73 bits per heavy atom. The van der Waals surface area contributed by atoms with Crippen LogP contribution in [0.2, 0.25) is 0 Å². The summed E-state index contributed by atoms with van der Waals surface area (Å²) in [5.41, 5.74) is 1.13. The second-order valence-electron chi connectivity index (χ2n) is 4.25. The third kappa shape index (κ3) is 2.61. The second-order valence-corrected chi connectivity index (χ2v) is 6.62. The van der Waals surface area contributed by atoms with Crippen molar-refractivity contribution in [1.82, 2.24) is 5.32 Å². The molecule has 1 saturated carbocycles. The molecule has 0 saturated heterocycles. The van der Waals surface area contributed by atoms with Crippen LogP contribution in [0.3, 0.4) is 0 Å². The number of hydrogen-bond donors (Lipinski definition) is 1. The van der Waals surface area contributed by atoms with E-state index in [-0.39, 0.29) is 5.91 Å². The van der Waals surface area contributed by atoms with Crippen molar-refractivity contribution < 1.29 is 4.79 Å². The Labute approximate surface area is 102 Å². The summed E-state index contributed by atoms with van der Waals surface area (Å²) in [6, 6.07) is 1.93. The quantitative estimate of drug-likeness (QED) is 0.909. The van der Waals surface area contributed by atoms with E-state index in [0.717, 1.165) is 26.7 Å². The van der Waals surface area contributed by atoms with Gasteiger partial charge in [0.05, 0.1) is 8.66 Å². The van der Waals surface area contributed by atoms with E-state index in [1.807, 2.05) is 13.0 Å². The Balaban J connectivity index is 1.90. The molecular weight excluding hydrogens is 274 g/mol. The van der Waals surface area contributed by atoms with E-state index >= 15 is 0 Å². The van der Waals surface area contributed by atoms with Gasteiger partial charge in [0.15, 0.2) is 0 Å². The van der Waals surface area contributed by atoms with E-state index in [1.54, 1.807) is 0 Å². The molecule has 1 aliphatic rings. The minimum absolute atomic E-state index is 0.0629. The highest BCUT2D eigenvalue weighted by molar-refractivity contribution is 9.11. The first-order valence-electron chi connectivity index (χ1n) is 5.12. The maximum absolute atomic E-state index is 11.7. The number of thiophene rings is 1. The summed E-state index contributed by atoms with van der Waals surface area (Å²) in [6.07, 6.45) is 1.26. The Bertz CT molecular complexity index is 368.